The van der Waals surface area contributed by atoms with Crippen LogP contribution in [0.25, 0.3) is 15.9 Å². The van der Waals surface area contributed by atoms with Crippen LogP contribution in [0.5, 0.6) is 0 Å². The number of pyridine rings is 1. The zero-order chi connectivity index (χ0) is 20.7. The van der Waals surface area contributed by atoms with E-state index in [1.54, 1.807) is 4.90 Å². The highest BCUT2D eigenvalue weighted by Crippen LogP contribution is 2.33. The van der Waals surface area contributed by atoms with Gasteiger partial charge in [0.15, 0.2) is 5.13 Å². The van der Waals surface area contributed by atoms with Crippen LogP contribution in [0.15, 0.2) is 36.5 Å². The van der Waals surface area contributed by atoms with E-state index < -0.39 is 0 Å². The Labute approximate surface area is 178 Å². The Morgan fingerprint density at radius 3 is 2.72 bits per heavy atom. The van der Waals surface area contributed by atoms with Gasteiger partial charge in [-0.25, -0.2) is 9.97 Å². The Bertz CT molecular complexity index is 1210. The van der Waals surface area contributed by atoms with E-state index in [1.165, 1.54) is 11.3 Å². The lowest BCUT2D eigenvalue weighted by atomic mass is 10.2. The number of amides is 1. The van der Waals surface area contributed by atoms with Gasteiger partial charge in [0.05, 0.1) is 15.9 Å². The second kappa shape index (κ2) is 7.74. The van der Waals surface area contributed by atoms with Crippen molar-refractivity contribution in [1.82, 2.24) is 19.3 Å². The highest BCUT2D eigenvalue weighted by molar-refractivity contribution is 7.22. The zero-order valence-corrected chi connectivity index (χ0v) is 18.4. The molecular weight excluding hydrogens is 406 g/mol. The van der Waals surface area contributed by atoms with E-state index in [2.05, 4.69) is 9.88 Å². The van der Waals surface area contributed by atoms with Crippen LogP contribution in [0.2, 0.25) is 5.02 Å². The average molecular weight is 428 g/mol. The maximum Gasteiger partial charge on any atom is 0.279 e. The molecule has 8 heteroatoms. The molecule has 0 bridgehead atoms. The summed E-state index contributed by atoms with van der Waals surface area (Å²) in [4.78, 5) is 26.8. The lowest BCUT2D eigenvalue weighted by molar-refractivity contribution is 0.0979. The fourth-order valence-electron chi connectivity index (χ4n) is 3.34. The number of thiazole rings is 1. The topological polar surface area (TPSA) is 53.7 Å². The number of anilines is 1. The van der Waals surface area contributed by atoms with Crippen molar-refractivity contribution in [2.45, 2.75) is 13.8 Å². The molecule has 0 atom stereocenters. The van der Waals surface area contributed by atoms with Crippen molar-refractivity contribution in [3.63, 3.8) is 0 Å². The summed E-state index contributed by atoms with van der Waals surface area (Å²) >= 11 is 7.71. The molecule has 6 nitrogen and oxygen atoms in total. The summed E-state index contributed by atoms with van der Waals surface area (Å²) in [5, 5.41) is 1.34. The number of hydrogen-bond acceptors (Lipinski definition) is 5. The fourth-order valence-corrected chi connectivity index (χ4v) is 4.79. The number of carbonyl (C=O) groups is 1. The molecule has 0 saturated carbocycles. The first kappa shape index (κ1) is 19.8. The van der Waals surface area contributed by atoms with E-state index in [0.717, 1.165) is 28.0 Å². The molecule has 0 fully saturated rings. The fraction of sp³-hybridized carbons (Fsp3) is 0.286. The first-order valence-electron chi connectivity index (χ1n) is 9.32. The van der Waals surface area contributed by atoms with Crippen molar-refractivity contribution in [3.05, 3.63) is 58.5 Å². The number of aromatic nitrogens is 3. The Morgan fingerprint density at radius 1 is 1.17 bits per heavy atom. The van der Waals surface area contributed by atoms with Gasteiger partial charge in [0.25, 0.3) is 5.91 Å². The van der Waals surface area contributed by atoms with Gasteiger partial charge in [-0.15, -0.1) is 0 Å². The van der Waals surface area contributed by atoms with Crippen molar-refractivity contribution < 1.29 is 4.79 Å². The van der Waals surface area contributed by atoms with E-state index in [1.807, 2.05) is 68.9 Å². The highest BCUT2D eigenvalue weighted by atomic mass is 35.5. The number of halogens is 1. The Hall–Kier alpha value is -2.48. The van der Waals surface area contributed by atoms with Crippen LogP contribution in [-0.2, 0) is 0 Å². The van der Waals surface area contributed by atoms with Crippen molar-refractivity contribution in [2.24, 2.45) is 0 Å². The molecule has 29 heavy (non-hydrogen) atoms. The van der Waals surface area contributed by atoms with E-state index in [9.17, 15) is 4.79 Å². The number of nitrogens with zero attached hydrogens (tertiary/aromatic N) is 5. The summed E-state index contributed by atoms with van der Waals surface area (Å²) < 4.78 is 2.82. The normalized spacial score (nSPS) is 11.7. The number of carbonyl (C=O) groups excluding carboxylic acids is 1. The van der Waals surface area contributed by atoms with Crippen LogP contribution in [0.4, 0.5) is 5.13 Å². The second-order valence-corrected chi connectivity index (χ2v) is 8.75. The highest BCUT2D eigenvalue weighted by Gasteiger charge is 2.26. The summed E-state index contributed by atoms with van der Waals surface area (Å²) in [5.74, 6) is -0.106. The number of fused-ring (bicyclic) bond motifs is 2. The van der Waals surface area contributed by atoms with Crippen LogP contribution < -0.4 is 4.90 Å². The van der Waals surface area contributed by atoms with Gasteiger partial charge in [-0.05, 0) is 57.8 Å². The van der Waals surface area contributed by atoms with Crippen molar-refractivity contribution in [2.75, 3.05) is 32.1 Å². The van der Waals surface area contributed by atoms with Gasteiger partial charge in [-0.2, -0.15) is 0 Å². The summed E-state index contributed by atoms with van der Waals surface area (Å²) in [6, 6.07) is 9.52. The minimum Gasteiger partial charge on any atom is -0.308 e. The number of rotatable bonds is 5. The molecule has 0 spiro atoms. The Balaban J connectivity index is 1.82. The van der Waals surface area contributed by atoms with Gasteiger partial charge in [0, 0.05) is 24.3 Å². The summed E-state index contributed by atoms with van der Waals surface area (Å²) in [7, 11) is 3.98. The molecule has 0 aliphatic carbocycles. The van der Waals surface area contributed by atoms with Gasteiger partial charge in [0.1, 0.15) is 11.3 Å². The van der Waals surface area contributed by atoms with Crippen LogP contribution in [0.3, 0.4) is 0 Å². The molecule has 0 N–H and O–H groups in total. The number of imidazole rings is 1. The lowest BCUT2D eigenvalue weighted by Gasteiger charge is -2.22. The summed E-state index contributed by atoms with van der Waals surface area (Å²) in [6.07, 6.45) is 1.87. The minimum absolute atomic E-state index is 0.106. The molecule has 3 aromatic heterocycles. The molecule has 150 valence electrons. The number of aryl methyl sites for hydroxylation is 2. The maximum atomic E-state index is 13.7. The molecule has 0 saturated heterocycles. The van der Waals surface area contributed by atoms with Crippen LogP contribution in [0.1, 0.15) is 21.7 Å². The summed E-state index contributed by atoms with van der Waals surface area (Å²) in [5.41, 5.74) is 3.91. The smallest absolute Gasteiger partial charge is 0.279 e. The van der Waals surface area contributed by atoms with Gasteiger partial charge in [0.2, 0.25) is 0 Å². The second-order valence-electron chi connectivity index (χ2n) is 7.30. The van der Waals surface area contributed by atoms with Crippen LogP contribution >= 0.6 is 22.9 Å². The first-order chi connectivity index (χ1) is 13.8. The number of likely N-dealkylation sites (N-methyl/N-ethyl adjacent to an activating group) is 1. The molecule has 0 unspecified atom stereocenters. The average Bonchev–Trinajstić information content (AvgIpc) is 3.21. The third-order valence-electron chi connectivity index (χ3n) is 4.79. The Morgan fingerprint density at radius 2 is 1.97 bits per heavy atom. The number of benzene rings is 1. The van der Waals surface area contributed by atoms with Crippen molar-refractivity contribution >= 4 is 49.8 Å². The standard InChI is InChI=1S/C21H22ClN5OS/c1-13-11-15(22)12-16-18(13)24-21(29-16)27(10-9-25(3)4)20(28)19-14(2)23-17-7-5-6-8-26(17)19/h5-8,11-12H,9-10H2,1-4H3. The molecule has 3 heterocycles. The molecule has 0 aliphatic rings. The molecule has 1 amide bonds. The maximum absolute atomic E-state index is 13.7. The third kappa shape index (κ3) is 3.73. The largest absolute Gasteiger partial charge is 0.308 e. The molecule has 4 aromatic rings. The molecule has 0 aliphatic heterocycles. The monoisotopic (exact) mass is 427 g/mol. The quantitative estimate of drug-likeness (QED) is 0.473. The van der Waals surface area contributed by atoms with Gasteiger partial charge in [-0.3, -0.25) is 14.1 Å². The van der Waals surface area contributed by atoms with Gasteiger partial charge in [-0.1, -0.05) is 29.0 Å². The Kier molecular flexibility index (Phi) is 5.29. The minimum atomic E-state index is -0.106. The van der Waals surface area contributed by atoms with E-state index in [4.69, 9.17) is 16.6 Å². The van der Waals surface area contributed by atoms with Gasteiger partial charge < -0.3 is 4.90 Å². The SMILES string of the molecule is Cc1nc2ccccn2c1C(=O)N(CCN(C)C)c1nc2c(C)cc(Cl)cc2s1. The van der Waals surface area contributed by atoms with Crippen molar-refractivity contribution in [3.8, 4) is 0 Å². The van der Waals surface area contributed by atoms with Crippen molar-refractivity contribution in [1.29, 1.82) is 0 Å². The van der Waals surface area contributed by atoms with E-state index in [0.29, 0.717) is 28.1 Å². The van der Waals surface area contributed by atoms with Crippen LogP contribution in [-0.4, -0.2) is 52.4 Å². The molecular formula is C21H22ClN5OS. The molecule has 0 radical (unpaired) electrons. The zero-order valence-electron chi connectivity index (χ0n) is 16.8. The predicted molar refractivity (Wildman–Crippen MR) is 120 cm³/mol. The van der Waals surface area contributed by atoms with E-state index >= 15 is 0 Å². The predicted octanol–water partition coefficient (Wildman–Crippen LogP) is 4.42. The third-order valence-corrected chi connectivity index (χ3v) is 6.04. The molecule has 4 rings (SSSR count). The molecule has 1 aromatic carbocycles. The summed E-state index contributed by atoms with van der Waals surface area (Å²) in [6.45, 7) is 5.10. The lowest BCUT2D eigenvalue weighted by Crippen LogP contribution is -2.37. The van der Waals surface area contributed by atoms with E-state index in [-0.39, 0.29) is 5.91 Å². The number of hydrogen-bond donors (Lipinski definition) is 0. The van der Waals surface area contributed by atoms with Crippen LogP contribution in [0, 0.1) is 13.8 Å². The first-order valence-corrected chi connectivity index (χ1v) is 10.5. The van der Waals surface area contributed by atoms with Gasteiger partial charge >= 0.3 is 0 Å².